The summed E-state index contributed by atoms with van der Waals surface area (Å²) in [5.41, 5.74) is 4.09. The van der Waals surface area contributed by atoms with Gasteiger partial charge in [0, 0.05) is 5.56 Å². The number of hydrogen-bond acceptors (Lipinski definition) is 6. The molecule has 8 nitrogen and oxygen atoms in total. The molecule has 36 heavy (non-hydrogen) atoms. The average Bonchev–Trinajstić information content (AvgIpc) is 3.72. The summed E-state index contributed by atoms with van der Waals surface area (Å²) in [5.74, 6) is -0.518. The van der Waals surface area contributed by atoms with Gasteiger partial charge in [0.2, 0.25) is 0 Å². The zero-order valence-electron chi connectivity index (χ0n) is 19.6. The first-order valence-corrected chi connectivity index (χ1v) is 11.6. The van der Waals surface area contributed by atoms with Crippen molar-refractivity contribution in [1.29, 1.82) is 0 Å². The van der Waals surface area contributed by atoms with Gasteiger partial charge in [0.25, 0.3) is 0 Å². The standard InChI is InChI=1S/C28H24N4O4/c1-18(19-5-3-2-4-6-19)36-27(35)31-25-24(32-30-17-29-25)22-9-7-20(8-10-22)21-11-13-23(14-12-21)28(15-16-28)26(33)34/h2-14,17-18H,15-16H2,1H3,(H,33,34)(H,29,30,31,35). The second-order valence-corrected chi connectivity index (χ2v) is 8.78. The number of carboxylic acid groups (broad SMARTS) is 1. The topological polar surface area (TPSA) is 114 Å². The van der Waals surface area contributed by atoms with Gasteiger partial charge in [0.1, 0.15) is 18.1 Å². The SMILES string of the molecule is CC(OC(=O)Nc1ncnnc1-c1ccc(-c2ccc(C3(C(=O)O)CC3)cc2)cc1)c1ccccc1. The number of carboxylic acids is 1. The van der Waals surface area contributed by atoms with Crippen LogP contribution in [0.1, 0.15) is 37.0 Å². The summed E-state index contributed by atoms with van der Waals surface area (Å²) in [5, 5.41) is 20.2. The Bertz CT molecular complexity index is 1390. The zero-order valence-corrected chi connectivity index (χ0v) is 19.6. The normalized spacial score (nSPS) is 14.5. The first-order chi connectivity index (χ1) is 17.5. The number of nitrogens with one attached hydrogen (secondary N) is 1. The van der Waals surface area contributed by atoms with E-state index in [0.29, 0.717) is 18.5 Å². The number of rotatable bonds is 7. The summed E-state index contributed by atoms with van der Waals surface area (Å²) in [6, 6.07) is 24.7. The van der Waals surface area contributed by atoms with Crippen LogP contribution in [-0.4, -0.2) is 32.4 Å². The predicted molar refractivity (Wildman–Crippen MR) is 134 cm³/mol. The molecule has 1 amide bonds. The van der Waals surface area contributed by atoms with Crippen molar-refractivity contribution in [2.45, 2.75) is 31.3 Å². The summed E-state index contributed by atoms with van der Waals surface area (Å²) in [6.07, 6.45) is 1.55. The van der Waals surface area contributed by atoms with Crippen molar-refractivity contribution in [1.82, 2.24) is 15.2 Å². The van der Waals surface area contributed by atoms with E-state index in [1.165, 1.54) is 6.33 Å². The summed E-state index contributed by atoms with van der Waals surface area (Å²) in [4.78, 5) is 28.3. The van der Waals surface area contributed by atoms with Crippen LogP contribution in [0.15, 0.2) is 85.2 Å². The summed E-state index contributed by atoms with van der Waals surface area (Å²) in [7, 11) is 0. The molecule has 2 N–H and O–H groups in total. The van der Waals surface area contributed by atoms with Gasteiger partial charge in [-0.1, -0.05) is 78.9 Å². The maximum absolute atomic E-state index is 12.5. The fourth-order valence-corrected chi connectivity index (χ4v) is 4.19. The van der Waals surface area contributed by atoms with Crippen molar-refractivity contribution in [2.24, 2.45) is 0 Å². The lowest BCUT2D eigenvalue weighted by atomic mass is 9.93. The summed E-state index contributed by atoms with van der Waals surface area (Å²) >= 11 is 0. The minimum absolute atomic E-state index is 0.246. The molecule has 180 valence electrons. The fourth-order valence-electron chi connectivity index (χ4n) is 4.19. The maximum Gasteiger partial charge on any atom is 0.413 e. The number of carbonyl (C=O) groups excluding carboxylic acids is 1. The van der Waals surface area contributed by atoms with Crippen molar-refractivity contribution >= 4 is 17.9 Å². The lowest BCUT2D eigenvalue weighted by molar-refractivity contribution is -0.140. The number of amides is 1. The van der Waals surface area contributed by atoms with Gasteiger partial charge in [0.15, 0.2) is 5.82 Å². The lowest BCUT2D eigenvalue weighted by Gasteiger charge is -2.15. The van der Waals surface area contributed by atoms with Crippen molar-refractivity contribution < 1.29 is 19.4 Å². The Labute approximate surface area is 208 Å². The number of anilines is 1. The average molecular weight is 481 g/mol. The van der Waals surface area contributed by atoms with Gasteiger partial charge in [0.05, 0.1) is 5.41 Å². The number of ether oxygens (including phenoxy) is 1. The first-order valence-electron chi connectivity index (χ1n) is 11.6. The number of benzene rings is 3. The molecule has 4 aromatic rings. The van der Waals surface area contributed by atoms with Crippen LogP contribution < -0.4 is 5.32 Å². The molecule has 1 heterocycles. The number of aliphatic carboxylic acids is 1. The highest BCUT2D eigenvalue weighted by atomic mass is 16.6. The van der Waals surface area contributed by atoms with Gasteiger partial charge in [-0.2, -0.15) is 0 Å². The highest BCUT2D eigenvalue weighted by Gasteiger charge is 2.51. The van der Waals surface area contributed by atoms with Crippen molar-refractivity contribution in [3.63, 3.8) is 0 Å². The molecule has 5 rings (SSSR count). The van der Waals surface area contributed by atoms with E-state index in [4.69, 9.17) is 4.74 Å². The molecule has 8 heteroatoms. The van der Waals surface area contributed by atoms with E-state index < -0.39 is 23.6 Å². The van der Waals surface area contributed by atoms with Crippen molar-refractivity contribution in [3.8, 4) is 22.4 Å². The van der Waals surface area contributed by atoms with Crippen LogP contribution in [0.5, 0.6) is 0 Å². The number of hydrogen-bond donors (Lipinski definition) is 2. The fraction of sp³-hybridized carbons (Fsp3) is 0.179. The molecule has 1 aliphatic rings. The van der Waals surface area contributed by atoms with E-state index >= 15 is 0 Å². The largest absolute Gasteiger partial charge is 0.481 e. The van der Waals surface area contributed by atoms with E-state index in [9.17, 15) is 14.7 Å². The predicted octanol–water partition coefficient (Wildman–Crippen LogP) is 5.63. The molecular formula is C28H24N4O4. The van der Waals surface area contributed by atoms with Crippen LogP contribution in [0.4, 0.5) is 10.6 Å². The second-order valence-electron chi connectivity index (χ2n) is 8.78. The van der Waals surface area contributed by atoms with Crippen LogP contribution in [0.2, 0.25) is 0 Å². The highest BCUT2D eigenvalue weighted by Crippen LogP contribution is 2.48. The molecule has 1 fully saturated rings. The molecule has 1 atom stereocenters. The maximum atomic E-state index is 12.5. The Kier molecular flexibility index (Phi) is 6.16. The third-order valence-electron chi connectivity index (χ3n) is 6.48. The Morgan fingerprint density at radius 2 is 1.53 bits per heavy atom. The molecular weight excluding hydrogens is 456 g/mol. The molecule has 1 unspecified atom stereocenters. The van der Waals surface area contributed by atoms with E-state index in [0.717, 1.165) is 27.8 Å². The van der Waals surface area contributed by atoms with E-state index in [1.54, 1.807) is 6.92 Å². The Hall–Kier alpha value is -4.59. The summed E-state index contributed by atoms with van der Waals surface area (Å²) in [6.45, 7) is 1.80. The minimum atomic E-state index is -0.764. The first kappa shape index (κ1) is 23.2. The van der Waals surface area contributed by atoms with Gasteiger partial charge >= 0.3 is 12.1 Å². The third kappa shape index (κ3) is 4.65. The van der Waals surface area contributed by atoms with E-state index in [1.807, 2.05) is 78.9 Å². The zero-order chi connectivity index (χ0) is 25.1. The smallest absolute Gasteiger partial charge is 0.413 e. The number of nitrogens with zero attached hydrogens (tertiary/aromatic N) is 3. The summed E-state index contributed by atoms with van der Waals surface area (Å²) < 4.78 is 5.49. The minimum Gasteiger partial charge on any atom is -0.481 e. The van der Waals surface area contributed by atoms with Crippen LogP contribution in [0.25, 0.3) is 22.4 Å². The third-order valence-corrected chi connectivity index (χ3v) is 6.48. The monoisotopic (exact) mass is 480 g/mol. The Morgan fingerprint density at radius 1 is 0.917 bits per heavy atom. The van der Waals surface area contributed by atoms with Gasteiger partial charge in [-0.05, 0) is 42.0 Å². The molecule has 3 aromatic carbocycles. The molecule has 0 spiro atoms. The number of aromatic nitrogens is 3. The molecule has 0 saturated heterocycles. The van der Waals surface area contributed by atoms with Gasteiger partial charge in [-0.25, -0.2) is 9.78 Å². The van der Waals surface area contributed by atoms with Gasteiger partial charge in [-0.3, -0.25) is 10.1 Å². The van der Waals surface area contributed by atoms with Crippen LogP contribution in [0.3, 0.4) is 0 Å². The van der Waals surface area contributed by atoms with E-state index in [2.05, 4.69) is 20.5 Å². The van der Waals surface area contributed by atoms with Crippen molar-refractivity contribution in [3.05, 3.63) is 96.3 Å². The van der Waals surface area contributed by atoms with Crippen LogP contribution in [-0.2, 0) is 14.9 Å². The number of carbonyl (C=O) groups is 2. The van der Waals surface area contributed by atoms with Crippen molar-refractivity contribution in [2.75, 3.05) is 5.32 Å². The molecule has 0 radical (unpaired) electrons. The molecule has 0 aliphatic heterocycles. The quantitative estimate of drug-likeness (QED) is 0.352. The van der Waals surface area contributed by atoms with Crippen LogP contribution >= 0.6 is 0 Å². The van der Waals surface area contributed by atoms with Gasteiger partial charge in [-0.15, -0.1) is 10.2 Å². The highest BCUT2D eigenvalue weighted by molar-refractivity contribution is 5.88. The Morgan fingerprint density at radius 3 is 2.14 bits per heavy atom. The molecule has 0 bridgehead atoms. The van der Waals surface area contributed by atoms with E-state index in [-0.39, 0.29) is 5.82 Å². The molecule has 1 saturated carbocycles. The van der Waals surface area contributed by atoms with Gasteiger partial charge < -0.3 is 9.84 Å². The lowest BCUT2D eigenvalue weighted by Crippen LogP contribution is -2.19. The molecule has 1 aromatic heterocycles. The Balaban J connectivity index is 1.30. The molecule has 1 aliphatic carbocycles. The second kappa shape index (κ2) is 9.58. The van der Waals surface area contributed by atoms with Crippen LogP contribution in [0, 0.1) is 0 Å².